The van der Waals surface area contributed by atoms with Gasteiger partial charge < -0.3 is 15.2 Å². The van der Waals surface area contributed by atoms with Crippen LogP contribution in [0.5, 0.6) is 11.5 Å². The summed E-state index contributed by atoms with van der Waals surface area (Å²) in [5.41, 5.74) is 2.30. The van der Waals surface area contributed by atoms with Crippen LogP contribution in [0.3, 0.4) is 0 Å². The number of aromatic hydroxyl groups is 1. The lowest BCUT2D eigenvalue weighted by Crippen LogP contribution is -2.15. The predicted octanol–water partition coefficient (Wildman–Crippen LogP) is 4.71. The molecule has 3 nitrogen and oxygen atoms in total. The molecule has 1 aromatic heterocycles. The molecule has 20 heavy (non-hydrogen) atoms. The van der Waals surface area contributed by atoms with Crippen LogP contribution in [0.1, 0.15) is 29.3 Å². The van der Waals surface area contributed by atoms with Crippen molar-refractivity contribution in [3.63, 3.8) is 0 Å². The summed E-state index contributed by atoms with van der Waals surface area (Å²) in [5.74, 6) is 0.665. The van der Waals surface area contributed by atoms with Crippen molar-refractivity contribution in [2.75, 3.05) is 12.4 Å². The first-order valence-electron chi connectivity index (χ1n) is 6.59. The van der Waals surface area contributed by atoms with Gasteiger partial charge >= 0.3 is 0 Å². The predicted molar refractivity (Wildman–Crippen MR) is 86.0 cm³/mol. The molecule has 1 atom stereocenters. The molecule has 1 aliphatic carbocycles. The zero-order valence-electron chi connectivity index (χ0n) is 11.1. The van der Waals surface area contributed by atoms with Gasteiger partial charge in [-0.05, 0) is 59.0 Å². The first-order valence-corrected chi connectivity index (χ1v) is 8.20. The third kappa shape index (κ3) is 2.65. The molecule has 1 unspecified atom stereocenters. The van der Waals surface area contributed by atoms with Crippen LogP contribution in [0.25, 0.3) is 0 Å². The number of hydrogen-bond donors (Lipinski definition) is 2. The maximum atomic E-state index is 9.85. The number of anilines is 1. The second-order valence-electron chi connectivity index (χ2n) is 4.90. The highest BCUT2D eigenvalue weighted by Crippen LogP contribution is 2.40. The number of ether oxygens (including phenoxy) is 1. The average molecular weight is 354 g/mol. The van der Waals surface area contributed by atoms with Crippen LogP contribution in [0.4, 0.5) is 5.69 Å². The number of nitrogens with one attached hydrogen (secondary N) is 1. The average Bonchev–Trinajstić information content (AvgIpc) is 2.80. The van der Waals surface area contributed by atoms with Crippen LogP contribution in [0.15, 0.2) is 28.1 Å². The topological polar surface area (TPSA) is 41.5 Å². The number of thiophene rings is 1. The fraction of sp³-hybridized carbons (Fsp3) is 0.333. The van der Waals surface area contributed by atoms with E-state index in [9.17, 15) is 5.11 Å². The maximum absolute atomic E-state index is 9.85. The zero-order chi connectivity index (χ0) is 14.1. The molecular weight excluding hydrogens is 338 g/mol. The Morgan fingerprint density at radius 1 is 1.40 bits per heavy atom. The molecule has 0 saturated heterocycles. The SMILES string of the molecule is COc1ccc(NC2CCCc3sc(Br)cc32)cc1O. The molecular formula is C15H16BrNO2S. The van der Waals surface area contributed by atoms with Crippen molar-refractivity contribution in [1.82, 2.24) is 0 Å². The van der Waals surface area contributed by atoms with Gasteiger partial charge in [0.2, 0.25) is 0 Å². The molecule has 0 radical (unpaired) electrons. The van der Waals surface area contributed by atoms with Crippen LogP contribution in [0.2, 0.25) is 0 Å². The van der Waals surface area contributed by atoms with Crippen LogP contribution < -0.4 is 10.1 Å². The van der Waals surface area contributed by atoms with Gasteiger partial charge in [-0.25, -0.2) is 0 Å². The summed E-state index contributed by atoms with van der Waals surface area (Å²) in [6.07, 6.45) is 3.47. The Balaban J connectivity index is 1.83. The molecule has 5 heteroatoms. The number of aryl methyl sites for hydroxylation is 1. The number of methoxy groups -OCH3 is 1. The third-order valence-corrected chi connectivity index (χ3v) is 5.32. The van der Waals surface area contributed by atoms with Crippen LogP contribution in [0, 0.1) is 0 Å². The lowest BCUT2D eigenvalue weighted by Gasteiger charge is -2.24. The number of phenolic OH excluding ortho intramolecular Hbond substituents is 1. The zero-order valence-corrected chi connectivity index (χ0v) is 13.6. The highest BCUT2D eigenvalue weighted by molar-refractivity contribution is 9.11. The van der Waals surface area contributed by atoms with Gasteiger partial charge in [0, 0.05) is 16.6 Å². The lowest BCUT2D eigenvalue weighted by molar-refractivity contribution is 0.373. The number of rotatable bonds is 3. The summed E-state index contributed by atoms with van der Waals surface area (Å²) < 4.78 is 6.26. The van der Waals surface area contributed by atoms with Gasteiger partial charge in [-0.15, -0.1) is 11.3 Å². The van der Waals surface area contributed by atoms with Crippen LogP contribution in [-0.4, -0.2) is 12.2 Å². The third-order valence-electron chi connectivity index (χ3n) is 3.60. The van der Waals surface area contributed by atoms with Crippen molar-refractivity contribution < 1.29 is 9.84 Å². The number of halogens is 1. The molecule has 0 spiro atoms. The normalized spacial score (nSPS) is 17.6. The van der Waals surface area contributed by atoms with E-state index in [-0.39, 0.29) is 5.75 Å². The molecule has 106 valence electrons. The monoisotopic (exact) mass is 353 g/mol. The van der Waals surface area contributed by atoms with E-state index < -0.39 is 0 Å². The number of fused-ring (bicyclic) bond motifs is 1. The van der Waals surface area contributed by atoms with Crippen molar-refractivity contribution in [1.29, 1.82) is 0 Å². The van der Waals surface area contributed by atoms with Gasteiger partial charge in [0.15, 0.2) is 11.5 Å². The Morgan fingerprint density at radius 3 is 3.00 bits per heavy atom. The van der Waals surface area contributed by atoms with Crippen molar-refractivity contribution in [2.45, 2.75) is 25.3 Å². The Bertz CT molecular complexity index is 626. The summed E-state index contributed by atoms with van der Waals surface area (Å²) in [4.78, 5) is 1.46. The molecule has 0 amide bonds. The van der Waals surface area contributed by atoms with E-state index in [1.807, 2.05) is 17.4 Å². The van der Waals surface area contributed by atoms with Gasteiger partial charge in [-0.3, -0.25) is 0 Å². The van der Waals surface area contributed by atoms with E-state index in [2.05, 4.69) is 27.3 Å². The van der Waals surface area contributed by atoms with E-state index in [1.54, 1.807) is 19.2 Å². The second-order valence-corrected chi connectivity index (χ2v) is 7.42. The summed E-state index contributed by atoms with van der Waals surface area (Å²) in [5, 5.41) is 13.4. The number of benzene rings is 1. The van der Waals surface area contributed by atoms with Crippen molar-refractivity contribution in [3.05, 3.63) is 38.5 Å². The lowest BCUT2D eigenvalue weighted by atomic mass is 9.94. The molecule has 0 aliphatic heterocycles. The van der Waals surface area contributed by atoms with Crippen molar-refractivity contribution >= 4 is 33.0 Å². The van der Waals surface area contributed by atoms with Gasteiger partial charge in [-0.2, -0.15) is 0 Å². The van der Waals surface area contributed by atoms with E-state index in [0.29, 0.717) is 11.8 Å². The number of hydrogen-bond acceptors (Lipinski definition) is 4. The maximum Gasteiger partial charge on any atom is 0.160 e. The highest BCUT2D eigenvalue weighted by Gasteiger charge is 2.22. The van der Waals surface area contributed by atoms with Gasteiger partial charge in [0.25, 0.3) is 0 Å². The molecule has 0 fully saturated rings. The first kappa shape index (κ1) is 13.8. The molecule has 1 aromatic carbocycles. The molecule has 0 saturated carbocycles. The number of phenols is 1. The Labute approximate surface area is 130 Å². The summed E-state index contributed by atoms with van der Waals surface area (Å²) in [7, 11) is 1.55. The minimum Gasteiger partial charge on any atom is -0.504 e. The van der Waals surface area contributed by atoms with E-state index in [0.717, 1.165) is 18.5 Å². The minimum absolute atomic E-state index is 0.167. The summed E-state index contributed by atoms with van der Waals surface area (Å²) in [6.45, 7) is 0. The van der Waals surface area contributed by atoms with Gasteiger partial charge in [-0.1, -0.05) is 0 Å². The Hall–Kier alpha value is -1.20. The van der Waals surface area contributed by atoms with Crippen molar-refractivity contribution in [3.8, 4) is 11.5 Å². The fourth-order valence-electron chi connectivity index (χ4n) is 2.65. The molecule has 2 aromatic rings. The summed E-state index contributed by atoms with van der Waals surface area (Å²) in [6, 6.07) is 7.96. The Morgan fingerprint density at radius 2 is 2.25 bits per heavy atom. The molecule has 3 rings (SSSR count). The minimum atomic E-state index is 0.167. The second kappa shape index (κ2) is 5.66. The standard InChI is InChI=1S/C15H16BrNO2S/c1-19-13-6-5-9(7-12(13)18)17-11-3-2-4-14-10(11)8-15(16)20-14/h5-8,11,17-18H,2-4H2,1H3. The van der Waals surface area contributed by atoms with Gasteiger partial charge in [0.05, 0.1) is 16.9 Å². The fourth-order valence-corrected chi connectivity index (χ4v) is 4.47. The molecule has 1 aliphatic rings. The quantitative estimate of drug-likeness (QED) is 0.839. The van der Waals surface area contributed by atoms with Crippen molar-refractivity contribution in [2.24, 2.45) is 0 Å². The van der Waals surface area contributed by atoms with Crippen LogP contribution >= 0.6 is 27.3 Å². The smallest absolute Gasteiger partial charge is 0.160 e. The first-order chi connectivity index (χ1) is 9.67. The Kier molecular flexibility index (Phi) is 3.89. The highest BCUT2D eigenvalue weighted by atomic mass is 79.9. The van der Waals surface area contributed by atoms with Gasteiger partial charge in [0.1, 0.15) is 0 Å². The molecule has 0 bridgehead atoms. The molecule has 2 N–H and O–H groups in total. The van der Waals surface area contributed by atoms with E-state index >= 15 is 0 Å². The van der Waals surface area contributed by atoms with E-state index in [4.69, 9.17) is 4.74 Å². The summed E-state index contributed by atoms with van der Waals surface area (Å²) >= 11 is 5.39. The van der Waals surface area contributed by atoms with E-state index in [1.165, 1.54) is 20.6 Å². The van der Waals surface area contributed by atoms with Crippen LogP contribution in [-0.2, 0) is 6.42 Å². The largest absolute Gasteiger partial charge is 0.504 e. The molecule has 1 heterocycles.